The minimum atomic E-state index is -1.18. The smallest absolute Gasteiger partial charge is 0.374 e. The highest BCUT2D eigenvalue weighted by atomic mass is 35.5. The fraction of sp³-hybridized carbons (Fsp3) is 0.267. The molecule has 1 fully saturated rings. The molecule has 0 aliphatic heterocycles. The number of hydrogen-bond donors (Lipinski definition) is 1. The van der Waals surface area contributed by atoms with E-state index in [1.54, 1.807) is 12.1 Å². The number of nitrogens with zero attached hydrogens (tertiary/aromatic N) is 2. The summed E-state index contributed by atoms with van der Waals surface area (Å²) in [4.78, 5) is 19.4. The van der Waals surface area contributed by atoms with Gasteiger partial charge in [-0.3, -0.25) is 0 Å². The summed E-state index contributed by atoms with van der Waals surface area (Å²) in [5.41, 5.74) is 2.30. The van der Waals surface area contributed by atoms with Crippen LogP contribution in [0.4, 0.5) is 0 Å². The number of aromatic carboxylic acids is 1. The summed E-state index contributed by atoms with van der Waals surface area (Å²) in [6.07, 6.45) is 2.07. The second-order valence-corrected chi connectivity index (χ2v) is 5.34. The number of benzene rings is 1. The third-order valence-electron chi connectivity index (χ3n) is 3.40. The number of rotatable bonds is 4. The zero-order chi connectivity index (χ0) is 15.0. The largest absolute Gasteiger partial charge is 0.481 e. The number of ether oxygens (including phenoxy) is 1. The topological polar surface area (TPSA) is 72.3 Å². The Hall–Kier alpha value is -2.14. The molecule has 0 bridgehead atoms. The minimum absolute atomic E-state index is 0.263. The van der Waals surface area contributed by atoms with Crippen LogP contribution in [0, 0.1) is 0 Å². The van der Waals surface area contributed by atoms with Gasteiger partial charge in [0.05, 0.1) is 12.8 Å². The average molecular weight is 305 g/mol. The average Bonchev–Trinajstić information content (AvgIpc) is 3.31. The van der Waals surface area contributed by atoms with Crippen LogP contribution in [-0.4, -0.2) is 28.2 Å². The zero-order valence-corrected chi connectivity index (χ0v) is 12.1. The van der Waals surface area contributed by atoms with Crippen LogP contribution < -0.4 is 4.74 Å². The Morgan fingerprint density at radius 3 is 2.48 bits per heavy atom. The SMILES string of the molecule is COc1nc(C(=O)O)nc(-c2ccc(Cl)cc2)c1C1CC1. The van der Waals surface area contributed by atoms with Crippen molar-refractivity contribution < 1.29 is 14.6 Å². The van der Waals surface area contributed by atoms with Crippen molar-refractivity contribution in [2.75, 3.05) is 7.11 Å². The lowest BCUT2D eigenvalue weighted by atomic mass is 10.0. The molecule has 1 aliphatic rings. The predicted octanol–water partition coefficient (Wildman–Crippen LogP) is 3.38. The molecule has 1 N–H and O–H groups in total. The lowest BCUT2D eigenvalue weighted by molar-refractivity contribution is 0.0682. The molecule has 5 nitrogen and oxygen atoms in total. The first-order chi connectivity index (χ1) is 10.1. The summed E-state index contributed by atoms with van der Waals surface area (Å²) in [6, 6.07) is 7.15. The molecular formula is C15H13ClN2O3. The van der Waals surface area contributed by atoms with Gasteiger partial charge in [-0.25, -0.2) is 9.78 Å². The summed E-state index contributed by atoms with van der Waals surface area (Å²) in [5, 5.41) is 9.78. The maximum Gasteiger partial charge on any atom is 0.374 e. The normalized spacial score (nSPS) is 14.0. The van der Waals surface area contributed by atoms with Crippen molar-refractivity contribution in [1.29, 1.82) is 0 Å². The van der Waals surface area contributed by atoms with Crippen LogP contribution in [0.2, 0.25) is 5.02 Å². The van der Waals surface area contributed by atoms with Gasteiger partial charge in [0.2, 0.25) is 11.7 Å². The van der Waals surface area contributed by atoms with Crippen LogP contribution in [0.25, 0.3) is 11.3 Å². The van der Waals surface area contributed by atoms with Crippen LogP contribution in [-0.2, 0) is 0 Å². The Morgan fingerprint density at radius 2 is 1.95 bits per heavy atom. The van der Waals surface area contributed by atoms with E-state index in [1.165, 1.54) is 7.11 Å². The maximum atomic E-state index is 11.2. The third-order valence-corrected chi connectivity index (χ3v) is 3.65. The van der Waals surface area contributed by atoms with E-state index in [-0.39, 0.29) is 5.82 Å². The molecule has 0 spiro atoms. The molecule has 0 amide bonds. The standard InChI is InChI=1S/C15H13ClN2O3/c1-21-14-11(8-2-3-8)12(17-13(18-14)15(19)20)9-4-6-10(16)7-5-9/h4-8H,2-3H2,1H3,(H,19,20). The van der Waals surface area contributed by atoms with E-state index in [4.69, 9.17) is 21.4 Å². The van der Waals surface area contributed by atoms with Crippen molar-refractivity contribution in [3.8, 4) is 17.1 Å². The highest BCUT2D eigenvalue weighted by Crippen LogP contribution is 2.47. The Bertz CT molecular complexity index is 697. The van der Waals surface area contributed by atoms with Crippen LogP contribution in [0.5, 0.6) is 5.88 Å². The van der Waals surface area contributed by atoms with E-state index in [0.717, 1.165) is 24.0 Å². The molecule has 0 radical (unpaired) electrons. The third kappa shape index (κ3) is 2.69. The van der Waals surface area contributed by atoms with Crippen molar-refractivity contribution in [2.45, 2.75) is 18.8 Å². The number of aromatic nitrogens is 2. The highest BCUT2D eigenvalue weighted by Gasteiger charge is 2.32. The summed E-state index contributed by atoms with van der Waals surface area (Å²) in [6.45, 7) is 0. The molecule has 1 aromatic heterocycles. The van der Waals surface area contributed by atoms with Gasteiger partial charge in [0, 0.05) is 16.1 Å². The van der Waals surface area contributed by atoms with Gasteiger partial charge in [-0.15, -0.1) is 0 Å². The molecule has 0 saturated heterocycles. The molecule has 21 heavy (non-hydrogen) atoms. The van der Waals surface area contributed by atoms with Gasteiger partial charge in [-0.05, 0) is 30.9 Å². The lowest BCUT2D eigenvalue weighted by Crippen LogP contribution is -2.09. The number of carboxylic acid groups (broad SMARTS) is 1. The number of halogens is 1. The molecule has 0 atom stereocenters. The molecule has 0 unspecified atom stereocenters. The lowest BCUT2D eigenvalue weighted by Gasteiger charge is -2.13. The molecule has 3 rings (SSSR count). The van der Waals surface area contributed by atoms with Crippen LogP contribution >= 0.6 is 11.6 Å². The molecule has 1 aromatic carbocycles. The Kier molecular flexibility index (Phi) is 3.51. The van der Waals surface area contributed by atoms with E-state index in [9.17, 15) is 4.79 Å². The molecular weight excluding hydrogens is 292 g/mol. The Labute approximate surface area is 126 Å². The van der Waals surface area contributed by atoms with Gasteiger partial charge < -0.3 is 9.84 Å². The van der Waals surface area contributed by atoms with Gasteiger partial charge in [0.1, 0.15) is 0 Å². The zero-order valence-electron chi connectivity index (χ0n) is 11.3. The quantitative estimate of drug-likeness (QED) is 0.937. The van der Waals surface area contributed by atoms with Gasteiger partial charge >= 0.3 is 5.97 Å². The van der Waals surface area contributed by atoms with E-state index < -0.39 is 5.97 Å². The first kappa shape index (κ1) is 13.8. The van der Waals surface area contributed by atoms with E-state index in [0.29, 0.717) is 22.5 Å². The number of hydrogen-bond acceptors (Lipinski definition) is 4. The molecule has 6 heteroatoms. The highest BCUT2D eigenvalue weighted by molar-refractivity contribution is 6.30. The molecule has 108 valence electrons. The van der Waals surface area contributed by atoms with Crippen LogP contribution in [0.3, 0.4) is 0 Å². The predicted molar refractivity (Wildman–Crippen MR) is 78.0 cm³/mol. The monoisotopic (exact) mass is 304 g/mol. The van der Waals surface area contributed by atoms with Gasteiger partial charge in [-0.2, -0.15) is 4.98 Å². The first-order valence-corrected chi connectivity index (χ1v) is 6.93. The van der Waals surface area contributed by atoms with Crippen molar-refractivity contribution in [1.82, 2.24) is 9.97 Å². The molecule has 1 saturated carbocycles. The van der Waals surface area contributed by atoms with Crippen LogP contribution in [0.15, 0.2) is 24.3 Å². The van der Waals surface area contributed by atoms with Crippen molar-refractivity contribution in [3.05, 3.63) is 40.7 Å². The van der Waals surface area contributed by atoms with E-state index >= 15 is 0 Å². The Balaban J connectivity index is 2.22. The van der Waals surface area contributed by atoms with Crippen molar-refractivity contribution in [2.24, 2.45) is 0 Å². The number of carboxylic acids is 1. The Morgan fingerprint density at radius 1 is 1.29 bits per heavy atom. The minimum Gasteiger partial charge on any atom is -0.481 e. The second-order valence-electron chi connectivity index (χ2n) is 4.91. The van der Waals surface area contributed by atoms with E-state index in [1.807, 2.05) is 12.1 Å². The van der Waals surface area contributed by atoms with Gasteiger partial charge in [0.25, 0.3) is 0 Å². The number of methoxy groups -OCH3 is 1. The summed E-state index contributed by atoms with van der Waals surface area (Å²) in [5.74, 6) is -0.768. The second kappa shape index (κ2) is 5.33. The maximum absolute atomic E-state index is 11.2. The van der Waals surface area contributed by atoms with Crippen molar-refractivity contribution >= 4 is 17.6 Å². The van der Waals surface area contributed by atoms with E-state index in [2.05, 4.69) is 9.97 Å². The summed E-state index contributed by atoms with van der Waals surface area (Å²) in [7, 11) is 1.49. The summed E-state index contributed by atoms with van der Waals surface area (Å²) >= 11 is 5.90. The van der Waals surface area contributed by atoms with Gasteiger partial charge in [-0.1, -0.05) is 23.7 Å². The van der Waals surface area contributed by atoms with Crippen LogP contribution in [0.1, 0.15) is 34.9 Å². The molecule has 1 aliphatic carbocycles. The first-order valence-electron chi connectivity index (χ1n) is 6.55. The summed E-state index contributed by atoms with van der Waals surface area (Å²) < 4.78 is 5.28. The molecule has 1 heterocycles. The van der Waals surface area contributed by atoms with Gasteiger partial charge in [0.15, 0.2) is 0 Å². The molecule has 2 aromatic rings. The van der Waals surface area contributed by atoms with Crippen molar-refractivity contribution in [3.63, 3.8) is 0 Å². The fourth-order valence-electron chi connectivity index (χ4n) is 2.27. The fourth-order valence-corrected chi connectivity index (χ4v) is 2.39. The number of carbonyl (C=O) groups is 1.